The lowest BCUT2D eigenvalue weighted by atomic mass is 10.2. The second-order valence-electron chi connectivity index (χ2n) is 3.76. The topological polar surface area (TPSA) is 35.8 Å². The summed E-state index contributed by atoms with van der Waals surface area (Å²) in [6.07, 6.45) is 0. The molecule has 0 bridgehead atoms. The summed E-state index contributed by atoms with van der Waals surface area (Å²) in [6.45, 7) is 0. The maximum Gasteiger partial charge on any atom is 0.200 e. The molecule has 2 nitrogen and oxygen atoms in total. The molecule has 0 radical (unpaired) electrons. The molecule has 102 valence electrons. The lowest BCUT2D eigenvalue weighted by Crippen LogP contribution is -2.06. The SMILES string of the molecule is N#Cc1ccc(Nc2c(F)c(F)c(F)c(F)c2F)cc1. The van der Waals surface area contributed by atoms with Crippen molar-refractivity contribution in [3.8, 4) is 6.07 Å². The van der Waals surface area contributed by atoms with E-state index in [1.807, 2.05) is 6.07 Å². The molecule has 0 atom stereocenters. The molecule has 0 amide bonds. The first kappa shape index (κ1) is 13.8. The first-order valence-corrected chi connectivity index (χ1v) is 5.24. The molecule has 2 aromatic rings. The predicted molar refractivity (Wildman–Crippen MR) is 60.7 cm³/mol. The third-order valence-electron chi connectivity index (χ3n) is 2.49. The Balaban J connectivity index is 2.46. The van der Waals surface area contributed by atoms with Crippen molar-refractivity contribution in [2.75, 3.05) is 5.32 Å². The Morgan fingerprint density at radius 2 is 1.20 bits per heavy atom. The summed E-state index contributed by atoms with van der Waals surface area (Å²) in [6, 6.07) is 7.03. The zero-order valence-electron chi connectivity index (χ0n) is 9.65. The van der Waals surface area contributed by atoms with Crippen LogP contribution in [-0.4, -0.2) is 0 Å². The average Bonchev–Trinajstić information content (AvgIpc) is 2.48. The molecular weight excluding hydrogens is 279 g/mol. The maximum absolute atomic E-state index is 13.4. The Hall–Kier alpha value is -2.62. The van der Waals surface area contributed by atoms with Gasteiger partial charge in [-0.25, -0.2) is 22.0 Å². The van der Waals surface area contributed by atoms with Gasteiger partial charge in [0.05, 0.1) is 11.6 Å². The van der Waals surface area contributed by atoms with Crippen molar-refractivity contribution in [2.45, 2.75) is 0 Å². The van der Waals surface area contributed by atoms with Crippen molar-refractivity contribution in [2.24, 2.45) is 0 Å². The van der Waals surface area contributed by atoms with Gasteiger partial charge < -0.3 is 5.32 Å². The molecule has 0 saturated heterocycles. The number of hydrogen-bond acceptors (Lipinski definition) is 2. The minimum absolute atomic E-state index is 0.0761. The van der Waals surface area contributed by atoms with Gasteiger partial charge in [-0.2, -0.15) is 5.26 Å². The van der Waals surface area contributed by atoms with Crippen molar-refractivity contribution in [1.82, 2.24) is 0 Å². The molecule has 2 rings (SSSR count). The zero-order chi connectivity index (χ0) is 14.9. The van der Waals surface area contributed by atoms with E-state index in [1.54, 1.807) is 0 Å². The second-order valence-corrected chi connectivity index (χ2v) is 3.76. The van der Waals surface area contributed by atoms with Gasteiger partial charge in [0, 0.05) is 5.69 Å². The minimum atomic E-state index is -2.22. The van der Waals surface area contributed by atoms with Crippen LogP contribution in [0.15, 0.2) is 24.3 Å². The van der Waals surface area contributed by atoms with E-state index in [-0.39, 0.29) is 11.3 Å². The molecule has 1 N–H and O–H groups in total. The van der Waals surface area contributed by atoms with Gasteiger partial charge in [-0.1, -0.05) is 0 Å². The van der Waals surface area contributed by atoms with Gasteiger partial charge in [-0.05, 0) is 24.3 Å². The Bertz CT molecular complexity index is 675. The summed E-state index contributed by atoms with van der Waals surface area (Å²) in [5.41, 5.74) is -0.786. The van der Waals surface area contributed by atoms with Crippen LogP contribution in [0.1, 0.15) is 5.56 Å². The Kier molecular flexibility index (Phi) is 3.57. The first-order chi connectivity index (χ1) is 9.45. The van der Waals surface area contributed by atoms with E-state index >= 15 is 0 Å². The van der Waals surface area contributed by atoms with Gasteiger partial charge in [0.2, 0.25) is 5.82 Å². The van der Waals surface area contributed by atoms with Gasteiger partial charge in [0.1, 0.15) is 5.69 Å². The van der Waals surface area contributed by atoms with Crippen molar-refractivity contribution >= 4 is 11.4 Å². The second kappa shape index (κ2) is 5.17. The quantitative estimate of drug-likeness (QED) is 0.514. The van der Waals surface area contributed by atoms with Crippen LogP contribution in [0.4, 0.5) is 33.3 Å². The number of benzene rings is 2. The van der Waals surface area contributed by atoms with Crippen LogP contribution < -0.4 is 5.32 Å². The smallest absolute Gasteiger partial charge is 0.200 e. The van der Waals surface area contributed by atoms with Gasteiger partial charge in [-0.3, -0.25) is 0 Å². The van der Waals surface area contributed by atoms with Crippen LogP contribution in [0.2, 0.25) is 0 Å². The van der Waals surface area contributed by atoms with Crippen molar-refractivity contribution in [3.63, 3.8) is 0 Å². The van der Waals surface area contributed by atoms with Crippen molar-refractivity contribution in [3.05, 3.63) is 58.9 Å². The highest BCUT2D eigenvalue weighted by molar-refractivity contribution is 5.62. The van der Waals surface area contributed by atoms with Crippen LogP contribution >= 0.6 is 0 Å². The summed E-state index contributed by atoms with van der Waals surface area (Å²) >= 11 is 0. The highest BCUT2D eigenvalue weighted by Crippen LogP contribution is 2.29. The van der Waals surface area contributed by atoms with E-state index in [1.165, 1.54) is 24.3 Å². The molecule has 0 aliphatic heterocycles. The lowest BCUT2D eigenvalue weighted by Gasteiger charge is -2.10. The number of nitrogens with zero attached hydrogens (tertiary/aromatic N) is 1. The fourth-order valence-electron chi connectivity index (χ4n) is 1.49. The van der Waals surface area contributed by atoms with Gasteiger partial charge in [0.15, 0.2) is 23.3 Å². The van der Waals surface area contributed by atoms with E-state index in [9.17, 15) is 22.0 Å². The lowest BCUT2D eigenvalue weighted by molar-refractivity contribution is 0.382. The van der Waals surface area contributed by atoms with Crippen LogP contribution in [0.3, 0.4) is 0 Å². The van der Waals surface area contributed by atoms with E-state index in [0.29, 0.717) is 0 Å². The standard InChI is InChI=1S/C13H5F5N2/c14-8-9(15)11(17)13(12(18)10(8)16)20-7-3-1-6(5-19)2-4-7/h1-4,20H. The number of halogens is 5. The number of anilines is 2. The highest BCUT2D eigenvalue weighted by atomic mass is 19.2. The number of hydrogen-bond donors (Lipinski definition) is 1. The molecule has 0 spiro atoms. The largest absolute Gasteiger partial charge is 0.351 e. The molecule has 2 aromatic carbocycles. The molecule has 0 aliphatic carbocycles. The van der Waals surface area contributed by atoms with E-state index in [2.05, 4.69) is 5.32 Å². The van der Waals surface area contributed by atoms with Crippen LogP contribution in [0, 0.1) is 40.4 Å². The predicted octanol–water partition coefficient (Wildman–Crippen LogP) is 4.00. The molecule has 0 saturated carbocycles. The van der Waals surface area contributed by atoms with E-state index in [0.717, 1.165) is 0 Å². The van der Waals surface area contributed by atoms with Crippen LogP contribution in [-0.2, 0) is 0 Å². The van der Waals surface area contributed by atoms with E-state index in [4.69, 9.17) is 5.26 Å². The summed E-state index contributed by atoms with van der Waals surface area (Å²) in [5.74, 6) is -10.2. The number of rotatable bonds is 2. The average molecular weight is 284 g/mol. The highest BCUT2D eigenvalue weighted by Gasteiger charge is 2.25. The minimum Gasteiger partial charge on any atom is -0.351 e. The normalized spacial score (nSPS) is 10.2. The molecule has 0 heterocycles. The molecule has 0 aliphatic rings. The fraction of sp³-hybridized carbons (Fsp3) is 0. The monoisotopic (exact) mass is 284 g/mol. The van der Waals surface area contributed by atoms with Crippen molar-refractivity contribution in [1.29, 1.82) is 5.26 Å². The fourth-order valence-corrected chi connectivity index (χ4v) is 1.49. The third-order valence-corrected chi connectivity index (χ3v) is 2.49. The molecule has 7 heteroatoms. The molecule has 0 aromatic heterocycles. The Morgan fingerprint density at radius 1 is 0.750 bits per heavy atom. The molecule has 0 unspecified atom stereocenters. The first-order valence-electron chi connectivity index (χ1n) is 5.24. The Labute approximate surface area is 110 Å². The number of nitrogens with one attached hydrogen (secondary N) is 1. The Morgan fingerprint density at radius 3 is 1.65 bits per heavy atom. The third kappa shape index (κ3) is 2.28. The van der Waals surface area contributed by atoms with E-state index < -0.39 is 34.8 Å². The maximum atomic E-state index is 13.4. The van der Waals surface area contributed by atoms with Gasteiger partial charge >= 0.3 is 0 Å². The summed E-state index contributed by atoms with van der Waals surface area (Å²) in [4.78, 5) is 0. The van der Waals surface area contributed by atoms with Crippen molar-refractivity contribution < 1.29 is 22.0 Å². The summed E-state index contributed by atoms with van der Waals surface area (Å²) in [5, 5.41) is 10.7. The van der Waals surface area contributed by atoms with Gasteiger partial charge in [0.25, 0.3) is 0 Å². The van der Waals surface area contributed by atoms with Gasteiger partial charge in [-0.15, -0.1) is 0 Å². The zero-order valence-corrected chi connectivity index (χ0v) is 9.65. The molecule has 20 heavy (non-hydrogen) atoms. The van der Waals surface area contributed by atoms with Crippen LogP contribution in [0.5, 0.6) is 0 Å². The summed E-state index contributed by atoms with van der Waals surface area (Å²) < 4.78 is 65.6. The molecular formula is C13H5F5N2. The molecule has 0 fully saturated rings. The number of nitriles is 1. The summed E-state index contributed by atoms with van der Waals surface area (Å²) in [7, 11) is 0. The van der Waals surface area contributed by atoms with Crippen LogP contribution in [0.25, 0.3) is 0 Å².